The lowest BCUT2D eigenvalue weighted by atomic mass is 9.98. The number of fused-ring (bicyclic) bond motifs is 1. The molecule has 1 N–H and O–H groups in total. The molecule has 2 aromatic rings. The summed E-state index contributed by atoms with van der Waals surface area (Å²) in [5.41, 5.74) is 1.80. The van der Waals surface area contributed by atoms with Crippen molar-refractivity contribution < 1.29 is 0 Å². The van der Waals surface area contributed by atoms with Crippen molar-refractivity contribution in [1.29, 1.82) is 0 Å². The smallest absolute Gasteiger partial charge is 0.269 e. The van der Waals surface area contributed by atoms with Crippen LogP contribution >= 0.6 is 0 Å². The molecule has 4 heteroatoms. The zero-order chi connectivity index (χ0) is 13.9. The van der Waals surface area contributed by atoms with E-state index >= 15 is 0 Å². The monoisotopic (exact) mass is 271 g/mol. The molecule has 0 spiro atoms. The summed E-state index contributed by atoms with van der Waals surface area (Å²) < 4.78 is 1.86. The Morgan fingerprint density at radius 3 is 2.85 bits per heavy atom. The summed E-state index contributed by atoms with van der Waals surface area (Å²) in [4.78, 5) is 16.4. The molecule has 0 amide bonds. The van der Waals surface area contributed by atoms with Gasteiger partial charge in [-0.25, -0.2) is 4.98 Å². The molecule has 1 fully saturated rings. The second-order valence-electron chi connectivity index (χ2n) is 5.64. The van der Waals surface area contributed by atoms with E-state index in [2.05, 4.69) is 10.3 Å². The van der Waals surface area contributed by atoms with Crippen LogP contribution in [-0.4, -0.2) is 22.6 Å². The second kappa shape index (κ2) is 5.75. The van der Waals surface area contributed by atoms with Gasteiger partial charge >= 0.3 is 0 Å². The molecule has 4 nitrogen and oxygen atoms in total. The van der Waals surface area contributed by atoms with E-state index in [4.69, 9.17) is 0 Å². The summed E-state index contributed by atoms with van der Waals surface area (Å²) in [6.07, 6.45) is 6.60. The van der Waals surface area contributed by atoms with Crippen molar-refractivity contribution in [1.82, 2.24) is 14.9 Å². The van der Waals surface area contributed by atoms with Crippen molar-refractivity contribution in [2.24, 2.45) is 5.92 Å². The van der Waals surface area contributed by atoms with Gasteiger partial charge in [0.15, 0.2) is 0 Å². The topological polar surface area (TPSA) is 46.9 Å². The Morgan fingerprint density at radius 2 is 2.10 bits per heavy atom. The number of para-hydroxylation sites is 2. The van der Waals surface area contributed by atoms with E-state index in [1.165, 1.54) is 31.9 Å². The van der Waals surface area contributed by atoms with Crippen LogP contribution < -0.4 is 10.9 Å². The molecule has 1 aliphatic carbocycles. The molecule has 0 saturated heterocycles. The number of rotatable bonds is 4. The highest BCUT2D eigenvalue weighted by atomic mass is 16.1. The second-order valence-corrected chi connectivity index (χ2v) is 5.64. The highest BCUT2D eigenvalue weighted by Gasteiger charge is 2.24. The summed E-state index contributed by atoms with van der Waals surface area (Å²) in [5, 5.41) is 3.40. The minimum absolute atomic E-state index is 0.0121. The standard InChI is InChI=1S/C16H21N3O/c1-17-14(12-6-2-3-7-12)11-19-15-9-5-4-8-13(15)18-10-16(19)20/h4-5,8-10,12,14,17H,2-3,6-7,11H2,1H3. The molecule has 1 aromatic carbocycles. The van der Waals surface area contributed by atoms with E-state index in [9.17, 15) is 4.79 Å². The van der Waals surface area contributed by atoms with Crippen molar-refractivity contribution in [2.75, 3.05) is 7.05 Å². The Hall–Kier alpha value is -1.68. The molecule has 3 rings (SSSR count). The van der Waals surface area contributed by atoms with Gasteiger partial charge in [-0.15, -0.1) is 0 Å². The summed E-state index contributed by atoms with van der Waals surface area (Å²) >= 11 is 0. The number of benzene rings is 1. The zero-order valence-electron chi connectivity index (χ0n) is 11.9. The summed E-state index contributed by atoms with van der Waals surface area (Å²) in [5.74, 6) is 0.679. The number of nitrogens with one attached hydrogen (secondary N) is 1. The predicted octanol–water partition coefficient (Wildman–Crippen LogP) is 2.17. The fourth-order valence-electron chi connectivity index (χ4n) is 3.34. The Morgan fingerprint density at radius 1 is 1.35 bits per heavy atom. The van der Waals surface area contributed by atoms with E-state index in [1.54, 1.807) is 0 Å². The predicted molar refractivity (Wildman–Crippen MR) is 80.8 cm³/mol. The fraction of sp³-hybridized carbons (Fsp3) is 0.500. The molecule has 0 aliphatic heterocycles. The summed E-state index contributed by atoms with van der Waals surface area (Å²) in [7, 11) is 2.00. The third kappa shape index (κ3) is 2.48. The van der Waals surface area contributed by atoms with Crippen LogP contribution in [0.5, 0.6) is 0 Å². The molecule has 1 unspecified atom stereocenters. The highest BCUT2D eigenvalue weighted by molar-refractivity contribution is 5.74. The van der Waals surface area contributed by atoms with Gasteiger partial charge in [0.2, 0.25) is 0 Å². The maximum absolute atomic E-state index is 12.2. The maximum Gasteiger partial charge on any atom is 0.269 e. The Labute approximate surface area is 118 Å². The molecule has 106 valence electrons. The van der Waals surface area contributed by atoms with Gasteiger partial charge in [0.05, 0.1) is 17.2 Å². The molecule has 1 aromatic heterocycles. The molecular weight excluding hydrogens is 250 g/mol. The van der Waals surface area contributed by atoms with Gasteiger partial charge < -0.3 is 9.88 Å². The van der Waals surface area contributed by atoms with Gasteiger partial charge in [-0.05, 0) is 37.9 Å². The minimum Gasteiger partial charge on any atom is -0.315 e. The van der Waals surface area contributed by atoms with Crippen LogP contribution in [0.1, 0.15) is 25.7 Å². The molecule has 1 aliphatic rings. The van der Waals surface area contributed by atoms with E-state index in [1.807, 2.05) is 35.9 Å². The van der Waals surface area contributed by atoms with Gasteiger partial charge in [0.25, 0.3) is 5.56 Å². The lowest BCUT2D eigenvalue weighted by Crippen LogP contribution is -2.39. The summed E-state index contributed by atoms with van der Waals surface area (Å²) in [6, 6.07) is 8.21. The van der Waals surface area contributed by atoms with E-state index < -0.39 is 0 Å². The van der Waals surface area contributed by atoms with Crippen molar-refractivity contribution in [3.8, 4) is 0 Å². The van der Waals surface area contributed by atoms with Crippen LogP contribution in [0.3, 0.4) is 0 Å². The molecule has 0 radical (unpaired) electrons. The first-order chi connectivity index (χ1) is 9.79. The molecular formula is C16H21N3O. The van der Waals surface area contributed by atoms with Gasteiger partial charge in [-0.1, -0.05) is 25.0 Å². The third-order valence-electron chi connectivity index (χ3n) is 4.47. The number of nitrogens with zero attached hydrogens (tertiary/aromatic N) is 2. The first-order valence-electron chi connectivity index (χ1n) is 7.41. The maximum atomic E-state index is 12.2. The summed E-state index contributed by atoms with van der Waals surface area (Å²) in [6.45, 7) is 0.725. The molecule has 0 bridgehead atoms. The minimum atomic E-state index is -0.0121. The van der Waals surface area contributed by atoms with Crippen LogP contribution in [-0.2, 0) is 6.54 Å². The van der Waals surface area contributed by atoms with Crippen LogP contribution in [0.25, 0.3) is 11.0 Å². The molecule has 1 atom stereocenters. The third-order valence-corrected chi connectivity index (χ3v) is 4.47. The first-order valence-corrected chi connectivity index (χ1v) is 7.41. The molecule has 1 heterocycles. The highest BCUT2D eigenvalue weighted by Crippen LogP contribution is 2.28. The van der Waals surface area contributed by atoms with Crippen LogP contribution in [0.4, 0.5) is 0 Å². The van der Waals surface area contributed by atoms with Crippen molar-refractivity contribution >= 4 is 11.0 Å². The van der Waals surface area contributed by atoms with E-state index in [0.717, 1.165) is 17.6 Å². The van der Waals surface area contributed by atoms with Crippen molar-refractivity contribution in [3.05, 3.63) is 40.8 Å². The van der Waals surface area contributed by atoms with Crippen LogP contribution in [0, 0.1) is 5.92 Å². The van der Waals surface area contributed by atoms with Gasteiger partial charge in [0.1, 0.15) is 0 Å². The Kier molecular flexibility index (Phi) is 3.83. The first kappa shape index (κ1) is 13.3. The van der Waals surface area contributed by atoms with Gasteiger partial charge in [-0.2, -0.15) is 0 Å². The van der Waals surface area contributed by atoms with E-state index in [-0.39, 0.29) is 5.56 Å². The average molecular weight is 271 g/mol. The van der Waals surface area contributed by atoms with Gasteiger partial charge in [-0.3, -0.25) is 4.79 Å². The van der Waals surface area contributed by atoms with Crippen LogP contribution in [0.15, 0.2) is 35.3 Å². The Bertz CT molecular complexity index is 643. The fourth-order valence-corrected chi connectivity index (χ4v) is 3.34. The largest absolute Gasteiger partial charge is 0.315 e. The number of hydrogen-bond acceptors (Lipinski definition) is 3. The van der Waals surface area contributed by atoms with Crippen LogP contribution in [0.2, 0.25) is 0 Å². The average Bonchev–Trinajstić information content (AvgIpc) is 3.00. The lowest BCUT2D eigenvalue weighted by Gasteiger charge is -2.24. The SMILES string of the molecule is CNC(Cn1c(=O)cnc2ccccc21)C1CCCC1. The Balaban J connectivity index is 1.96. The quantitative estimate of drug-likeness (QED) is 0.927. The number of aromatic nitrogens is 2. The normalized spacial score (nSPS) is 17.6. The van der Waals surface area contributed by atoms with Crippen molar-refractivity contribution in [2.45, 2.75) is 38.3 Å². The van der Waals surface area contributed by atoms with Crippen molar-refractivity contribution in [3.63, 3.8) is 0 Å². The lowest BCUT2D eigenvalue weighted by molar-refractivity contribution is 0.340. The number of hydrogen-bond donors (Lipinski definition) is 1. The molecule has 20 heavy (non-hydrogen) atoms. The number of likely N-dealkylation sites (N-methyl/N-ethyl adjacent to an activating group) is 1. The zero-order valence-corrected chi connectivity index (χ0v) is 11.9. The van der Waals surface area contributed by atoms with Gasteiger partial charge in [0, 0.05) is 12.6 Å². The molecule has 1 saturated carbocycles. The van der Waals surface area contributed by atoms with E-state index in [0.29, 0.717) is 12.0 Å².